The van der Waals surface area contributed by atoms with Crippen molar-refractivity contribution < 1.29 is 19.7 Å². The van der Waals surface area contributed by atoms with Crippen molar-refractivity contribution in [2.75, 3.05) is 20.2 Å². The third-order valence-electron chi connectivity index (χ3n) is 11.9. The molecule has 2 N–H and O–H groups in total. The van der Waals surface area contributed by atoms with Gasteiger partial charge >= 0.3 is 0 Å². The van der Waals surface area contributed by atoms with Crippen LogP contribution in [0.2, 0.25) is 0 Å². The Morgan fingerprint density at radius 1 is 1.14 bits per heavy atom. The third kappa shape index (κ3) is 2.62. The normalized spacial score (nSPS) is 42.6. The number of methoxy groups -OCH3 is 1. The van der Waals surface area contributed by atoms with Gasteiger partial charge in [-0.2, -0.15) is 0 Å². The number of rotatable bonds is 4. The van der Waals surface area contributed by atoms with Gasteiger partial charge in [0.05, 0.1) is 5.60 Å². The number of benzene rings is 1. The predicted molar refractivity (Wildman–Crippen MR) is 137 cm³/mol. The first-order chi connectivity index (χ1) is 16.0. The number of aliphatic hydroxyl groups is 1. The molecule has 0 amide bonds. The zero-order valence-electron chi connectivity index (χ0n) is 21.9. The summed E-state index contributed by atoms with van der Waals surface area (Å²) in [5.74, 6) is 1.80. The lowest BCUT2D eigenvalue weighted by molar-refractivity contribution is -0.312. The molecular weight excluding hydrogens is 462 g/mol. The van der Waals surface area contributed by atoms with E-state index in [4.69, 9.17) is 9.47 Å². The Morgan fingerprint density at radius 2 is 1.89 bits per heavy atom. The van der Waals surface area contributed by atoms with Gasteiger partial charge in [0.1, 0.15) is 11.7 Å². The highest BCUT2D eigenvalue weighted by Crippen LogP contribution is 2.78. The third-order valence-corrected chi connectivity index (χ3v) is 11.9. The van der Waals surface area contributed by atoms with E-state index in [9.17, 15) is 10.2 Å². The van der Waals surface area contributed by atoms with E-state index in [-0.39, 0.29) is 46.4 Å². The van der Waals surface area contributed by atoms with Gasteiger partial charge in [0.2, 0.25) is 0 Å². The lowest BCUT2D eigenvalue weighted by atomic mass is 9.33. The number of hydrogen-bond donors (Lipinski definition) is 2. The van der Waals surface area contributed by atoms with Gasteiger partial charge in [-0.15, -0.1) is 12.4 Å². The molecule has 2 spiro atoms. The highest BCUT2D eigenvalue weighted by Gasteiger charge is 2.82. The second-order valence-corrected chi connectivity index (χ2v) is 13.8. The van der Waals surface area contributed by atoms with Crippen LogP contribution in [0.4, 0.5) is 0 Å². The smallest absolute Gasteiger partial charge is 0.165 e. The maximum atomic E-state index is 12.2. The number of phenols is 1. The van der Waals surface area contributed by atoms with E-state index in [1.807, 2.05) is 20.1 Å². The number of hydrogen-bond acceptors (Lipinski definition) is 5. The maximum Gasteiger partial charge on any atom is 0.165 e. The topological polar surface area (TPSA) is 62.2 Å². The van der Waals surface area contributed by atoms with Crippen LogP contribution in [0.5, 0.6) is 11.5 Å². The minimum atomic E-state index is -0.909. The zero-order valence-corrected chi connectivity index (χ0v) is 22.7. The van der Waals surface area contributed by atoms with E-state index < -0.39 is 11.2 Å². The van der Waals surface area contributed by atoms with E-state index in [0.717, 1.165) is 44.6 Å². The summed E-state index contributed by atoms with van der Waals surface area (Å²) in [5, 5.41) is 23.2. The van der Waals surface area contributed by atoms with Gasteiger partial charge in [-0.05, 0) is 81.4 Å². The number of nitrogens with zero attached hydrogens (tertiary/aromatic N) is 1. The number of aromatic hydroxyl groups is 1. The summed E-state index contributed by atoms with van der Waals surface area (Å²) in [7, 11) is 1.83. The highest BCUT2D eigenvalue weighted by molar-refractivity contribution is 5.85. The fourth-order valence-electron chi connectivity index (χ4n) is 9.58. The summed E-state index contributed by atoms with van der Waals surface area (Å²) >= 11 is 0. The molecule has 1 saturated heterocycles. The van der Waals surface area contributed by atoms with Gasteiger partial charge < -0.3 is 19.7 Å². The number of likely N-dealkylation sites (tertiary alicyclic amines) is 1. The van der Waals surface area contributed by atoms with Gasteiger partial charge in [0.15, 0.2) is 11.5 Å². The molecule has 194 valence electrons. The molecule has 4 bridgehead atoms. The fraction of sp³-hybridized carbons (Fsp3) is 0.793. The number of halogens is 1. The first kappa shape index (κ1) is 24.3. The Morgan fingerprint density at radius 3 is 2.54 bits per heavy atom. The first-order valence-electron chi connectivity index (χ1n) is 13.6. The quantitative estimate of drug-likeness (QED) is 0.616. The molecule has 4 saturated carbocycles. The second-order valence-electron chi connectivity index (χ2n) is 13.8. The molecule has 0 radical (unpaired) electrons. The summed E-state index contributed by atoms with van der Waals surface area (Å²) in [6.45, 7) is 10.8. The molecule has 7 aliphatic rings. The zero-order chi connectivity index (χ0) is 23.9. The average molecular weight is 504 g/mol. The molecule has 1 unspecified atom stereocenters. The second kappa shape index (κ2) is 7.09. The Bertz CT molecular complexity index is 1060. The molecule has 2 aliphatic heterocycles. The van der Waals surface area contributed by atoms with Crippen LogP contribution in [0, 0.1) is 22.7 Å². The largest absolute Gasteiger partial charge is 0.504 e. The van der Waals surface area contributed by atoms with E-state index in [1.165, 1.54) is 30.5 Å². The van der Waals surface area contributed by atoms with Crippen LogP contribution in [-0.2, 0) is 16.6 Å². The van der Waals surface area contributed by atoms with E-state index >= 15 is 0 Å². The SMILES string of the molecule is CO[C@]12CC[C@@]3(C[C@@H]1[C@](C)(O)C(C)(C)C)[C@H]1Cc4ccc(O)c5c4[C@@]3(CCN1CC1CC1)C2O5.Cl. The van der Waals surface area contributed by atoms with Crippen molar-refractivity contribution in [3.8, 4) is 11.5 Å². The summed E-state index contributed by atoms with van der Waals surface area (Å²) in [6.07, 6.45) is 7.64. The molecule has 6 heteroatoms. The van der Waals surface area contributed by atoms with Crippen LogP contribution in [0.15, 0.2) is 12.1 Å². The number of phenolic OH excluding ortho intramolecular Hbond substituents is 1. The van der Waals surface area contributed by atoms with Crippen molar-refractivity contribution in [3.63, 3.8) is 0 Å². The average Bonchev–Trinajstić information content (AvgIpc) is 3.53. The molecule has 5 nitrogen and oxygen atoms in total. The first-order valence-corrected chi connectivity index (χ1v) is 13.6. The molecule has 1 aromatic rings. The Labute approximate surface area is 216 Å². The van der Waals surface area contributed by atoms with Crippen molar-refractivity contribution in [2.24, 2.45) is 22.7 Å². The van der Waals surface area contributed by atoms with E-state index in [1.54, 1.807) is 0 Å². The lowest BCUT2D eigenvalue weighted by Gasteiger charge is -2.75. The molecule has 8 rings (SSSR count). The predicted octanol–water partition coefficient (Wildman–Crippen LogP) is 4.84. The maximum absolute atomic E-state index is 12.2. The van der Waals surface area contributed by atoms with Gasteiger partial charge in [0, 0.05) is 42.0 Å². The van der Waals surface area contributed by atoms with Gasteiger partial charge in [-0.3, -0.25) is 4.90 Å². The minimum Gasteiger partial charge on any atom is -0.504 e. The van der Waals surface area contributed by atoms with Gasteiger partial charge in [-0.1, -0.05) is 26.8 Å². The van der Waals surface area contributed by atoms with Crippen LogP contribution in [0.25, 0.3) is 0 Å². The van der Waals surface area contributed by atoms with Crippen molar-refractivity contribution in [1.82, 2.24) is 4.90 Å². The molecule has 7 atom stereocenters. The van der Waals surface area contributed by atoms with Crippen LogP contribution in [-0.4, -0.2) is 58.7 Å². The van der Waals surface area contributed by atoms with Crippen molar-refractivity contribution in [3.05, 3.63) is 23.3 Å². The van der Waals surface area contributed by atoms with E-state index in [0.29, 0.717) is 11.8 Å². The molecular formula is C29H42ClNO4. The molecule has 5 fully saturated rings. The Kier molecular flexibility index (Phi) is 4.93. The van der Waals surface area contributed by atoms with Crippen LogP contribution in [0.1, 0.15) is 77.3 Å². The van der Waals surface area contributed by atoms with Crippen molar-refractivity contribution in [2.45, 2.75) is 101 Å². The lowest BCUT2D eigenvalue weighted by Crippen LogP contribution is -2.83. The van der Waals surface area contributed by atoms with Gasteiger partial charge in [-0.25, -0.2) is 0 Å². The summed E-state index contributed by atoms with van der Waals surface area (Å²) in [5.41, 5.74) is 0.783. The van der Waals surface area contributed by atoms with Gasteiger partial charge in [0.25, 0.3) is 0 Å². The van der Waals surface area contributed by atoms with Crippen LogP contribution < -0.4 is 4.74 Å². The molecule has 5 aliphatic carbocycles. The minimum absolute atomic E-state index is 0. The Balaban J connectivity index is 0.00000229. The van der Waals surface area contributed by atoms with Crippen LogP contribution >= 0.6 is 12.4 Å². The van der Waals surface area contributed by atoms with Crippen LogP contribution in [0.3, 0.4) is 0 Å². The number of fused-ring (bicyclic) bond motifs is 2. The summed E-state index contributed by atoms with van der Waals surface area (Å²) < 4.78 is 13.5. The highest BCUT2D eigenvalue weighted by atomic mass is 35.5. The standard InChI is InChI=1S/C29H41NO4.ClH/c1-25(2,3)26(4,32)20-15-27-10-11-29(20,33-5)24-28(27)12-13-30(16-17-6-7-17)21(27)14-18-8-9-19(31)23(34-24)22(18)28;/h8-9,17,20-21,24,31-32H,6-7,10-16H2,1-5H3;1H/t20-,21-,24?,26+,27-,28+,29-;/m1./s1. The molecule has 2 heterocycles. The molecule has 0 aromatic heterocycles. The summed E-state index contributed by atoms with van der Waals surface area (Å²) in [4.78, 5) is 2.82. The molecule has 35 heavy (non-hydrogen) atoms. The number of ether oxygens (including phenoxy) is 2. The molecule has 1 aromatic carbocycles. The summed E-state index contributed by atoms with van der Waals surface area (Å²) in [6, 6.07) is 4.46. The van der Waals surface area contributed by atoms with Crippen molar-refractivity contribution >= 4 is 12.4 Å². The van der Waals surface area contributed by atoms with E-state index in [2.05, 4.69) is 31.7 Å². The monoisotopic (exact) mass is 503 g/mol. The fourth-order valence-corrected chi connectivity index (χ4v) is 9.58. The Hall–Kier alpha value is -1.01. The van der Waals surface area contributed by atoms with Crippen molar-refractivity contribution in [1.29, 1.82) is 0 Å². The number of piperidine rings is 1.